The molecule has 1 atom stereocenters. The van der Waals surface area contributed by atoms with Gasteiger partial charge >= 0.3 is 0 Å². The van der Waals surface area contributed by atoms with E-state index in [1.807, 2.05) is 0 Å². The van der Waals surface area contributed by atoms with Crippen molar-refractivity contribution in [3.05, 3.63) is 0 Å². The largest absolute Gasteiger partial charge is 0.255 e. The van der Waals surface area contributed by atoms with Crippen LogP contribution in [0.1, 0.15) is 71.6 Å². The van der Waals surface area contributed by atoms with E-state index >= 15 is 0 Å². The molecular formula is C12H26N. The lowest BCUT2D eigenvalue weighted by Crippen LogP contribution is -2.08. The maximum absolute atomic E-state index is 7.76. The fourth-order valence-corrected chi connectivity index (χ4v) is 1.59. The van der Waals surface area contributed by atoms with Crippen molar-refractivity contribution in [3.63, 3.8) is 0 Å². The molecule has 13 heavy (non-hydrogen) atoms. The lowest BCUT2D eigenvalue weighted by molar-refractivity contribution is 0.491. The Labute approximate surface area is 84.1 Å². The van der Waals surface area contributed by atoms with Crippen LogP contribution in [0, 0.1) is 0 Å². The van der Waals surface area contributed by atoms with Crippen LogP contribution in [0.3, 0.4) is 0 Å². The van der Waals surface area contributed by atoms with Crippen LogP contribution in [-0.4, -0.2) is 6.04 Å². The van der Waals surface area contributed by atoms with Gasteiger partial charge in [0.1, 0.15) is 0 Å². The highest BCUT2D eigenvalue weighted by Gasteiger charge is 2.01. The quantitative estimate of drug-likeness (QED) is 0.480. The van der Waals surface area contributed by atoms with Gasteiger partial charge in [-0.1, -0.05) is 58.8 Å². The molecule has 0 aromatic rings. The summed E-state index contributed by atoms with van der Waals surface area (Å²) in [6, 6.07) is 0.224. The molecule has 1 heteroatoms. The molecule has 1 unspecified atom stereocenters. The highest BCUT2D eigenvalue weighted by molar-refractivity contribution is 4.60. The van der Waals surface area contributed by atoms with E-state index < -0.39 is 0 Å². The first-order chi connectivity index (χ1) is 6.31. The van der Waals surface area contributed by atoms with Crippen LogP contribution in [-0.2, 0) is 0 Å². The Morgan fingerprint density at radius 3 is 1.92 bits per heavy atom. The van der Waals surface area contributed by atoms with Crippen LogP contribution < -0.4 is 5.73 Å². The Morgan fingerprint density at radius 1 is 0.769 bits per heavy atom. The minimum absolute atomic E-state index is 0.224. The van der Waals surface area contributed by atoms with Crippen molar-refractivity contribution < 1.29 is 0 Å². The Hall–Kier alpha value is -0.0400. The topological polar surface area (TPSA) is 23.8 Å². The second kappa shape index (κ2) is 10.0. The van der Waals surface area contributed by atoms with E-state index in [2.05, 4.69) is 13.8 Å². The van der Waals surface area contributed by atoms with Crippen LogP contribution in [0.5, 0.6) is 0 Å². The molecule has 0 amide bonds. The fraction of sp³-hybridized carbons (Fsp3) is 1.00. The summed E-state index contributed by atoms with van der Waals surface area (Å²) in [5.74, 6) is 0. The number of hydrogen-bond donors (Lipinski definition) is 0. The zero-order valence-electron chi connectivity index (χ0n) is 9.44. The first-order valence-corrected chi connectivity index (χ1v) is 6.02. The molecule has 1 nitrogen and oxygen atoms in total. The predicted octanol–water partition coefficient (Wildman–Crippen LogP) is 4.19. The number of unbranched alkanes of at least 4 members (excludes halogenated alkanes) is 5. The number of rotatable bonds is 9. The van der Waals surface area contributed by atoms with Gasteiger partial charge in [-0.05, 0) is 12.8 Å². The molecular weight excluding hydrogens is 158 g/mol. The lowest BCUT2D eigenvalue weighted by Gasteiger charge is -2.08. The van der Waals surface area contributed by atoms with E-state index in [0.717, 1.165) is 12.8 Å². The zero-order chi connectivity index (χ0) is 9.94. The van der Waals surface area contributed by atoms with E-state index in [1.54, 1.807) is 0 Å². The SMILES string of the molecule is CCCCCCCC([NH])CCCC. The Kier molecular flexibility index (Phi) is 10.0. The third-order valence-corrected chi connectivity index (χ3v) is 2.56. The van der Waals surface area contributed by atoms with Crippen molar-refractivity contribution in [2.75, 3.05) is 0 Å². The molecule has 0 bridgehead atoms. The van der Waals surface area contributed by atoms with Crippen LogP contribution >= 0.6 is 0 Å². The van der Waals surface area contributed by atoms with Gasteiger partial charge in [0.15, 0.2) is 0 Å². The number of nitrogens with one attached hydrogen (secondary N) is 1. The molecule has 0 heterocycles. The van der Waals surface area contributed by atoms with Crippen molar-refractivity contribution in [3.8, 4) is 0 Å². The van der Waals surface area contributed by atoms with Crippen molar-refractivity contribution in [1.82, 2.24) is 5.73 Å². The summed E-state index contributed by atoms with van der Waals surface area (Å²) in [7, 11) is 0. The fourth-order valence-electron chi connectivity index (χ4n) is 1.59. The molecule has 0 rings (SSSR count). The molecule has 0 aliphatic rings. The lowest BCUT2D eigenvalue weighted by atomic mass is 10.0. The van der Waals surface area contributed by atoms with Crippen molar-refractivity contribution in [1.29, 1.82) is 0 Å². The smallest absolute Gasteiger partial charge is 0.0213 e. The summed E-state index contributed by atoms with van der Waals surface area (Å²) >= 11 is 0. The van der Waals surface area contributed by atoms with Crippen LogP contribution in [0.25, 0.3) is 0 Å². The average Bonchev–Trinajstić information content (AvgIpc) is 2.14. The monoisotopic (exact) mass is 184 g/mol. The van der Waals surface area contributed by atoms with Gasteiger partial charge in [-0.25, -0.2) is 0 Å². The summed E-state index contributed by atoms with van der Waals surface area (Å²) < 4.78 is 0. The second-order valence-electron chi connectivity index (χ2n) is 4.04. The number of hydrogen-bond acceptors (Lipinski definition) is 0. The summed E-state index contributed by atoms with van der Waals surface area (Å²) in [5.41, 5.74) is 7.76. The normalized spacial score (nSPS) is 13.2. The Balaban J connectivity index is 3.03. The average molecular weight is 184 g/mol. The van der Waals surface area contributed by atoms with Gasteiger partial charge in [-0.15, -0.1) is 0 Å². The van der Waals surface area contributed by atoms with Crippen LogP contribution in [0.15, 0.2) is 0 Å². The Bertz CT molecular complexity index is 91.1. The van der Waals surface area contributed by atoms with E-state index in [-0.39, 0.29) is 6.04 Å². The van der Waals surface area contributed by atoms with Gasteiger partial charge < -0.3 is 0 Å². The van der Waals surface area contributed by atoms with E-state index in [4.69, 9.17) is 5.73 Å². The third kappa shape index (κ3) is 9.88. The molecule has 0 fully saturated rings. The van der Waals surface area contributed by atoms with Gasteiger partial charge in [0.25, 0.3) is 0 Å². The first-order valence-electron chi connectivity index (χ1n) is 6.02. The van der Waals surface area contributed by atoms with Gasteiger partial charge in [-0.2, -0.15) is 0 Å². The maximum Gasteiger partial charge on any atom is 0.0213 e. The summed E-state index contributed by atoms with van der Waals surface area (Å²) in [6.45, 7) is 4.45. The molecule has 0 aliphatic heterocycles. The Morgan fingerprint density at radius 2 is 1.31 bits per heavy atom. The summed E-state index contributed by atoms with van der Waals surface area (Å²) in [4.78, 5) is 0. The molecule has 1 N–H and O–H groups in total. The van der Waals surface area contributed by atoms with Gasteiger partial charge in [0.2, 0.25) is 0 Å². The molecule has 0 spiro atoms. The molecule has 0 aromatic carbocycles. The predicted molar refractivity (Wildman–Crippen MR) is 59.8 cm³/mol. The summed E-state index contributed by atoms with van der Waals surface area (Å²) in [5, 5.41) is 0. The van der Waals surface area contributed by atoms with Gasteiger partial charge in [-0.3, -0.25) is 5.73 Å². The molecule has 79 valence electrons. The minimum Gasteiger partial charge on any atom is -0.255 e. The minimum atomic E-state index is 0.224. The first kappa shape index (κ1) is 13.0. The van der Waals surface area contributed by atoms with Crippen LogP contribution in [0.4, 0.5) is 0 Å². The van der Waals surface area contributed by atoms with Gasteiger partial charge in [0, 0.05) is 6.04 Å². The van der Waals surface area contributed by atoms with E-state index in [9.17, 15) is 0 Å². The van der Waals surface area contributed by atoms with E-state index in [1.165, 1.54) is 44.9 Å². The second-order valence-corrected chi connectivity index (χ2v) is 4.04. The molecule has 0 saturated carbocycles. The molecule has 0 aliphatic carbocycles. The third-order valence-electron chi connectivity index (χ3n) is 2.56. The zero-order valence-corrected chi connectivity index (χ0v) is 9.44. The maximum atomic E-state index is 7.76. The van der Waals surface area contributed by atoms with Crippen LogP contribution in [0.2, 0.25) is 0 Å². The summed E-state index contributed by atoms with van der Waals surface area (Å²) in [6.07, 6.45) is 11.4. The molecule has 0 aromatic heterocycles. The molecule has 0 saturated heterocycles. The van der Waals surface area contributed by atoms with Gasteiger partial charge in [0.05, 0.1) is 0 Å². The van der Waals surface area contributed by atoms with Crippen molar-refractivity contribution in [2.24, 2.45) is 0 Å². The highest BCUT2D eigenvalue weighted by Crippen LogP contribution is 2.10. The molecule has 1 radical (unpaired) electrons. The highest BCUT2D eigenvalue weighted by atomic mass is 14.6. The van der Waals surface area contributed by atoms with Crippen molar-refractivity contribution in [2.45, 2.75) is 77.7 Å². The van der Waals surface area contributed by atoms with Crippen molar-refractivity contribution >= 4 is 0 Å². The van der Waals surface area contributed by atoms with E-state index in [0.29, 0.717) is 0 Å². The standard InChI is InChI=1S/C12H26N/c1-3-5-7-8-9-11-12(13)10-6-4-2/h12-13H,3-11H2,1-2H3.